The van der Waals surface area contributed by atoms with Crippen LogP contribution in [0.3, 0.4) is 0 Å². The number of ether oxygens (including phenoxy) is 2. The minimum absolute atomic E-state index is 0.0215. The second-order valence-electron chi connectivity index (χ2n) is 8.97. The highest BCUT2D eigenvalue weighted by Crippen LogP contribution is 2.48. The number of fused-ring (bicyclic) bond motifs is 1. The van der Waals surface area contributed by atoms with Crippen molar-refractivity contribution in [2.75, 3.05) is 14.2 Å². The van der Waals surface area contributed by atoms with Crippen molar-refractivity contribution in [1.29, 1.82) is 0 Å². The summed E-state index contributed by atoms with van der Waals surface area (Å²) in [4.78, 5) is 25.4. The van der Waals surface area contributed by atoms with E-state index < -0.39 is 42.2 Å². The van der Waals surface area contributed by atoms with Crippen molar-refractivity contribution in [3.8, 4) is 0 Å². The molecular weight excluding hydrogens is 506 g/mol. The number of furan rings is 1. The molecule has 0 bridgehead atoms. The zero-order valence-corrected chi connectivity index (χ0v) is 21.1. The third kappa shape index (κ3) is 5.03. The van der Waals surface area contributed by atoms with Crippen LogP contribution in [0.1, 0.15) is 36.7 Å². The number of allylic oxidation sites excluding steroid dienone is 6. The fourth-order valence-electron chi connectivity index (χ4n) is 4.87. The predicted octanol–water partition coefficient (Wildman–Crippen LogP) is 6.04. The molecule has 0 N–H and O–H groups in total. The molecule has 1 heterocycles. The van der Waals surface area contributed by atoms with Crippen molar-refractivity contribution < 1.29 is 41.0 Å². The first-order valence-corrected chi connectivity index (χ1v) is 11.6. The Morgan fingerprint density at radius 2 is 1.82 bits per heavy atom. The van der Waals surface area contributed by atoms with Gasteiger partial charge in [0.2, 0.25) is 5.91 Å². The molecule has 200 valence electrons. The molecule has 0 spiro atoms. The number of ketones is 1. The first-order valence-electron chi connectivity index (χ1n) is 11.6. The zero-order chi connectivity index (χ0) is 27.8. The summed E-state index contributed by atoms with van der Waals surface area (Å²) in [5.74, 6) is -4.14. The van der Waals surface area contributed by atoms with Gasteiger partial charge in [0.1, 0.15) is 11.6 Å². The highest BCUT2D eigenvalue weighted by atomic mass is 19.4. The molecule has 2 unspecified atom stereocenters. The third-order valence-corrected chi connectivity index (χ3v) is 6.68. The summed E-state index contributed by atoms with van der Waals surface area (Å²) in [7, 11) is 2.69. The molecule has 0 aliphatic heterocycles. The Balaban J connectivity index is 1.78. The molecule has 2 aliphatic rings. The topological polar surface area (TPSA) is 69.0 Å². The van der Waals surface area contributed by atoms with E-state index >= 15 is 0 Å². The van der Waals surface area contributed by atoms with Gasteiger partial charge in [-0.05, 0) is 71.7 Å². The maximum Gasteiger partial charge on any atom is 0.487 e. The van der Waals surface area contributed by atoms with Gasteiger partial charge < -0.3 is 13.9 Å². The van der Waals surface area contributed by atoms with Gasteiger partial charge in [-0.1, -0.05) is 18.6 Å². The molecule has 2 aliphatic carbocycles. The Morgan fingerprint density at radius 3 is 2.37 bits per heavy atom. The standard InChI is InChI=1S/C28H25F4NO5/c1-15-21(10-17-11-23(36-3)26(34)24(12-17)37-4)20-8-7-18(29)13-22(20)25(15)16(2)27(35)33(28(30,31)32)14-19-6-5-9-38-19/h5-13,16,25H,14H2,1-4H3. The highest BCUT2D eigenvalue weighted by molar-refractivity contribution is 6.07. The number of methoxy groups -OCH3 is 2. The number of hydrogen-bond acceptors (Lipinski definition) is 5. The molecule has 0 saturated carbocycles. The van der Waals surface area contributed by atoms with Crippen LogP contribution in [-0.2, 0) is 25.6 Å². The first-order chi connectivity index (χ1) is 18.0. The summed E-state index contributed by atoms with van der Waals surface area (Å²) in [6, 6.07) is 6.80. The highest BCUT2D eigenvalue weighted by Gasteiger charge is 2.46. The van der Waals surface area contributed by atoms with Gasteiger partial charge in [0.15, 0.2) is 11.5 Å². The average molecular weight is 532 g/mol. The van der Waals surface area contributed by atoms with Gasteiger partial charge in [0.25, 0.3) is 5.78 Å². The number of amides is 1. The van der Waals surface area contributed by atoms with Crippen molar-refractivity contribution in [3.63, 3.8) is 0 Å². The number of alkyl halides is 3. The van der Waals surface area contributed by atoms with Crippen LogP contribution in [0.15, 0.2) is 81.9 Å². The van der Waals surface area contributed by atoms with Crippen LogP contribution >= 0.6 is 0 Å². The second-order valence-corrected chi connectivity index (χ2v) is 8.97. The van der Waals surface area contributed by atoms with E-state index in [1.165, 1.54) is 69.9 Å². The van der Waals surface area contributed by atoms with Crippen molar-refractivity contribution in [2.24, 2.45) is 5.92 Å². The molecule has 2 atom stereocenters. The van der Waals surface area contributed by atoms with Gasteiger partial charge in [-0.25, -0.2) is 9.29 Å². The minimum atomic E-state index is -4.96. The molecule has 2 aromatic rings. The molecule has 38 heavy (non-hydrogen) atoms. The monoisotopic (exact) mass is 531 g/mol. The predicted molar refractivity (Wildman–Crippen MR) is 129 cm³/mol. The van der Waals surface area contributed by atoms with Crippen LogP contribution in [0.4, 0.5) is 17.6 Å². The third-order valence-electron chi connectivity index (χ3n) is 6.68. The van der Waals surface area contributed by atoms with Crippen molar-refractivity contribution in [1.82, 2.24) is 4.90 Å². The van der Waals surface area contributed by atoms with Crippen LogP contribution in [0.5, 0.6) is 0 Å². The molecule has 0 radical (unpaired) electrons. The normalized spacial score (nSPS) is 18.1. The summed E-state index contributed by atoms with van der Waals surface area (Å²) in [6.45, 7) is 2.30. The quantitative estimate of drug-likeness (QED) is 0.322. The average Bonchev–Trinajstić information content (AvgIpc) is 3.47. The van der Waals surface area contributed by atoms with E-state index in [0.29, 0.717) is 27.8 Å². The SMILES string of the molecule is COC1=CC(=CC2=C(C)C(C(C)C(=O)N(Cc3ccco3)C(F)(F)F)c3cc(F)ccc32)C=C(OC)C1=O. The van der Waals surface area contributed by atoms with Crippen molar-refractivity contribution in [2.45, 2.75) is 32.6 Å². The number of halogens is 4. The van der Waals surface area contributed by atoms with E-state index in [-0.39, 0.29) is 22.2 Å². The number of hydrogen-bond donors (Lipinski definition) is 0. The molecule has 1 aromatic carbocycles. The number of Topliss-reactive ketones (excluding diaryl/α,β-unsaturated/α-hetero) is 1. The molecular formula is C28H25F4NO5. The maximum atomic E-state index is 14.3. The van der Waals surface area contributed by atoms with E-state index in [1.54, 1.807) is 13.0 Å². The Labute approximate surface area is 216 Å². The lowest BCUT2D eigenvalue weighted by atomic mass is 9.84. The van der Waals surface area contributed by atoms with Gasteiger partial charge in [-0.2, -0.15) is 0 Å². The number of benzene rings is 1. The summed E-state index contributed by atoms with van der Waals surface area (Å²) in [6.07, 6.45) is 0.988. The number of nitrogens with zero attached hydrogens (tertiary/aromatic N) is 1. The smallest absolute Gasteiger partial charge is 0.487 e. The van der Waals surface area contributed by atoms with Crippen LogP contribution in [-0.4, -0.2) is 37.1 Å². The van der Waals surface area contributed by atoms with Gasteiger partial charge in [0.05, 0.1) is 27.0 Å². The van der Waals surface area contributed by atoms with E-state index in [2.05, 4.69) is 0 Å². The zero-order valence-electron chi connectivity index (χ0n) is 21.1. The van der Waals surface area contributed by atoms with Crippen LogP contribution in [0, 0.1) is 11.7 Å². The summed E-state index contributed by atoms with van der Waals surface area (Å²) in [5, 5.41) is 0. The Bertz CT molecular complexity index is 1360. The Morgan fingerprint density at radius 1 is 1.16 bits per heavy atom. The summed E-state index contributed by atoms with van der Waals surface area (Å²) >= 11 is 0. The molecule has 4 rings (SSSR count). The fourth-order valence-corrected chi connectivity index (χ4v) is 4.87. The van der Waals surface area contributed by atoms with Gasteiger partial charge in [-0.3, -0.25) is 9.59 Å². The van der Waals surface area contributed by atoms with Gasteiger partial charge in [0, 0.05) is 11.8 Å². The van der Waals surface area contributed by atoms with Crippen LogP contribution in [0.2, 0.25) is 0 Å². The van der Waals surface area contributed by atoms with Crippen LogP contribution < -0.4 is 0 Å². The Kier molecular flexibility index (Phi) is 7.35. The van der Waals surface area contributed by atoms with Crippen molar-refractivity contribution >= 4 is 17.3 Å². The molecule has 1 aromatic heterocycles. The first kappa shape index (κ1) is 27.0. The van der Waals surface area contributed by atoms with Gasteiger partial charge >= 0.3 is 6.30 Å². The fraction of sp³-hybridized carbons (Fsp3) is 0.286. The summed E-state index contributed by atoms with van der Waals surface area (Å²) < 4.78 is 71.5. The summed E-state index contributed by atoms with van der Waals surface area (Å²) in [5.41, 5.74) is 2.67. The van der Waals surface area contributed by atoms with Crippen LogP contribution in [0.25, 0.3) is 5.57 Å². The molecule has 10 heteroatoms. The molecule has 6 nitrogen and oxygen atoms in total. The van der Waals surface area contributed by atoms with E-state index in [4.69, 9.17) is 13.9 Å². The maximum absolute atomic E-state index is 14.3. The Hall–Kier alpha value is -4.08. The van der Waals surface area contributed by atoms with Crippen molar-refractivity contribution in [3.05, 3.63) is 100 Å². The number of carbonyl (C=O) groups excluding carboxylic acids is 2. The lowest BCUT2D eigenvalue weighted by Gasteiger charge is -2.30. The largest absolute Gasteiger partial charge is 0.492 e. The lowest BCUT2D eigenvalue weighted by molar-refractivity contribution is -0.246. The number of rotatable bonds is 7. The second kappa shape index (κ2) is 10.4. The van der Waals surface area contributed by atoms with E-state index in [9.17, 15) is 27.2 Å². The van der Waals surface area contributed by atoms with E-state index in [0.717, 1.165) is 0 Å². The number of carbonyl (C=O) groups is 2. The minimum Gasteiger partial charge on any atom is -0.492 e. The lowest BCUT2D eigenvalue weighted by Crippen LogP contribution is -2.45. The van der Waals surface area contributed by atoms with Gasteiger partial charge in [-0.15, -0.1) is 13.2 Å². The molecule has 0 saturated heterocycles. The molecule has 0 fully saturated rings. The molecule has 1 amide bonds. The van der Waals surface area contributed by atoms with E-state index in [1.807, 2.05) is 0 Å².